The monoisotopic (exact) mass is 197 g/mol. The van der Waals surface area contributed by atoms with Crippen molar-refractivity contribution in [2.45, 2.75) is 6.42 Å². The predicted molar refractivity (Wildman–Crippen MR) is 53.4 cm³/mol. The summed E-state index contributed by atoms with van der Waals surface area (Å²) in [6, 6.07) is 4.55. The summed E-state index contributed by atoms with van der Waals surface area (Å²) >= 11 is 0. The lowest BCUT2D eigenvalue weighted by Gasteiger charge is -2.05. The molecular formula is C10H15NO3. The molecular weight excluding hydrogens is 182 g/mol. The van der Waals surface area contributed by atoms with Gasteiger partial charge >= 0.3 is 0 Å². The number of nitrogens with one attached hydrogen (secondary N) is 1. The van der Waals surface area contributed by atoms with Crippen LogP contribution in [0.4, 0.5) is 0 Å². The molecule has 0 spiro atoms. The third-order valence-electron chi connectivity index (χ3n) is 1.93. The molecule has 0 amide bonds. The third kappa shape index (κ3) is 3.24. The van der Waals surface area contributed by atoms with Crippen LogP contribution in [0.5, 0.6) is 11.5 Å². The number of aliphatic hydroxyl groups excluding tert-OH is 1. The molecule has 0 aliphatic carbocycles. The maximum atomic E-state index is 9.41. The van der Waals surface area contributed by atoms with Crippen molar-refractivity contribution in [1.82, 2.24) is 5.32 Å². The van der Waals surface area contributed by atoms with E-state index in [1.807, 2.05) is 0 Å². The first-order valence-electron chi connectivity index (χ1n) is 4.56. The standard InChI is InChI=1S/C10H15NO3/c12-6-5-11-4-3-8-1-2-9(13)7-10(8)14/h1-2,7,11-14H,3-6H2. The van der Waals surface area contributed by atoms with E-state index in [1.165, 1.54) is 6.07 Å². The highest BCUT2D eigenvalue weighted by atomic mass is 16.3. The molecule has 0 bridgehead atoms. The number of rotatable bonds is 5. The SMILES string of the molecule is OCCNCCc1ccc(O)cc1O. The van der Waals surface area contributed by atoms with Crippen molar-refractivity contribution in [3.8, 4) is 11.5 Å². The van der Waals surface area contributed by atoms with Crippen LogP contribution in [0.1, 0.15) is 5.56 Å². The zero-order valence-electron chi connectivity index (χ0n) is 7.90. The lowest BCUT2D eigenvalue weighted by atomic mass is 10.1. The van der Waals surface area contributed by atoms with Crippen LogP contribution in [0, 0.1) is 0 Å². The van der Waals surface area contributed by atoms with Gasteiger partial charge < -0.3 is 20.6 Å². The van der Waals surface area contributed by atoms with Crippen LogP contribution < -0.4 is 5.32 Å². The van der Waals surface area contributed by atoms with Crippen molar-refractivity contribution in [2.24, 2.45) is 0 Å². The molecule has 0 fully saturated rings. The lowest BCUT2D eigenvalue weighted by molar-refractivity contribution is 0.292. The summed E-state index contributed by atoms with van der Waals surface area (Å²) in [5, 5.41) is 30.0. The summed E-state index contributed by atoms with van der Waals surface area (Å²) in [5.41, 5.74) is 0.785. The van der Waals surface area contributed by atoms with E-state index in [1.54, 1.807) is 12.1 Å². The Morgan fingerprint density at radius 1 is 1.14 bits per heavy atom. The molecule has 78 valence electrons. The maximum absolute atomic E-state index is 9.41. The second-order valence-corrected chi connectivity index (χ2v) is 3.04. The molecule has 0 saturated carbocycles. The molecule has 1 aromatic carbocycles. The molecule has 0 radical (unpaired) electrons. The van der Waals surface area contributed by atoms with Gasteiger partial charge in [-0.3, -0.25) is 0 Å². The minimum Gasteiger partial charge on any atom is -0.508 e. The lowest BCUT2D eigenvalue weighted by Crippen LogP contribution is -2.20. The number of phenolic OH excluding ortho intramolecular Hbond substituents is 2. The molecule has 1 rings (SSSR count). The third-order valence-corrected chi connectivity index (χ3v) is 1.93. The first-order chi connectivity index (χ1) is 6.74. The number of aromatic hydroxyl groups is 2. The van der Waals surface area contributed by atoms with Gasteiger partial charge in [-0.2, -0.15) is 0 Å². The fraction of sp³-hybridized carbons (Fsp3) is 0.400. The first-order valence-corrected chi connectivity index (χ1v) is 4.56. The second kappa shape index (κ2) is 5.47. The molecule has 0 aliphatic rings. The molecule has 0 heterocycles. The first kappa shape index (κ1) is 10.8. The van der Waals surface area contributed by atoms with E-state index in [0.717, 1.165) is 5.56 Å². The Morgan fingerprint density at radius 2 is 1.93 bits per heavy atom. The smallest absolute Gasteiger partial charge is 0.122 e. The zero-order chi connectivity index (χ0) is 10.4. The number of hydrogen-bond donors (Lipinski definition) is 4. The number of aliphatic hydroxyl groups is 1. The zero-order valence-corrected chi connectivity index (χ0v) is 7.90. The molecule has 14 heavy (non-hydrogen) atoms. The van der Waals surface area contributed by atoms with E-state index in [4.69, 9.17) is 10.2 Å². The van der Waals surface area contributed by atoms with E-state index in [-0.39, 0.29) is 18.1 Å². The number of benzene rings is 1. The fourth-order valence-electron chi connectivity index (χ4n) is 1.19. The van der Waals surface area contributed by atoms with Gasteiger partial charge in [0.15, 0.2) is 0 Å². The molecule has 4 nitrogen and oxygen atoms in total. The van der Waals surface area contributed by atoms with Gasteiger partial charge in [-0.25, -0.2) is 0 Å². The fourth-order valence-corrected chi connectivity index (χ4v) is 1.19. The Hall–Kier alpha value is -1.26. The van der Waals surface area contributed by atoms with Crippen LogP contribution >= 0.6 is 0 Å². The van der Waals surface area contributed by atoms with E-state index >= 15 is 0 Å². The average Bonchev–Trinajstić information content (AvgIpc) is 2.15. The Bertz CT molecular complexity index is 289. The number of hydrogen-bond acceptors (Lipinski definition) is 4. The minimum absolute atomic E-state index is 0.0644. The Labute approximate surface area is 82.8 Å². The van der Waals surface area contributed by atoms with Crippen molar-refractivity contribution >= 4 is 0 Å². The summed E-state index contributed by atoms with van der Waals surface area (Å²) in [6.07, 6.45) is 0.673. The minimum atomic E-state index is 0.0644. The molecule has 0 saturated heterocycles. The van der Waals surface area contributed by atoms with Gasteiger partial charge in [-0.1, -0.05) is 6.07 Å². The quantitative estimate of drug-likeness (QED) is 0.510. The van der Waals surface area contributed by atoms with Gasteiger partial charge in [-0.15, -0.1) is 0 Å². The van der Waals surface area contributed by atoms with Gasteiger partial charge in [0.1, 0.15) is 11.5 Å². The highest BCUT2D eigenvalue weighted by molar-refractivity contribution is 5.38. The molecule has 0 aliphatic heterocycles. The summed E-state index contributed by atoms with van der Waals surface area (Å²) in [4.78, 5) is 0. The summed E-state index contributed by atoms with van der Waals surface area (Å²) in [6.45, 7) is 1.36. The summed E-state index contributed by atoms with van der Waals surface area (Å²) in [7, 11) is 0. The van der Waals surface area contributed by atoms with Crippen LogP contribution in [0.15, 0.2) is 18.2 Å². The average molecular weight is 197 g/mol. The highest BCUT2D eigenvalue weighted by Gasteiger charge is 2.01. The van der Waals surface area contributed by atoms with Crippen LogP contribution in [0.25, 0.3) is 0 Å². The van der Waals surface area contributed by atoms with Gasteiger partial charge in [0, 0.05) is 12.6 Å². The van der Waals surface area contributed by atoms with Gasteiger partial charge in [-0.05, 0) is 24.6 Å². The van der Waals surface area contributed by atoms with Crippen LogP contribution in [0.2, 0.25) is 0 Å². The predicted octanol–water partition coefficient (Wildman–Crippen LogP) is 0.222. The largest absolute Gasteiger partial charge is 0.508 e. The van der Waals surface area contributed by atoms with Crippen LogP contribution in [-0.2, 0) is 6.42 Å². The van der Waals surface area contributed by atoms with Crippen molar-refractivity contribution in [3.63, 3.8) is 0 Å². The van der Waals surface area contributed by atoms with E-state index in [2.05, 4.69) is 5.32 Å². The molecule has 0 atom stereocenters. The molecule has 0 aromatic heterocycles. The van der Waals surface area contributed by atoms with Crippen LogP contribution in [-0.4, -0.2) is 35.0 Å². The Morgan fingerprint density at radius 3 is 2.57 bits per heavy atom. The second-order valence-electron chi connectivity index (χ2n) is 3.04. The van der Waals surface area contributed by atoms with Gasteiger partial charge in [0.25, 0.3) is 0 Å². The number of phenols is 2. The summed E-state index contributed by atoms with van der Waals surface area (Å²) in [5.74, 6) is 0.172. The van der Waals surface area contributed by atoms with Gasteiger partial charge in [0.2, 0.25) is 0 Å². The highest BCUT2D eigenvalue weighted by Crippen LogP contribution is 2.22. The molecule has 1 aromatic rings. The van der Waals surface area contributed by atoms with Crippen molar-refractivity contribution in [2.75, 3.05) is 19.7 Å². The van der Waals surface area contributed by atoms with Gasteiger partial charge in [0.05, 0.1) is 6.61 Å². The topological polar surface area (TPSA) is 72.7 Å². The Kier molecular flexibility index (Phi) is 4.22. The van der Waals surface area contributed by atoms with E-state index < -0.39 is 0 Å². The van der Waals surface area contributed by atoms with E-state index in [0.29, 0.717) is 19.5 Å². The van der Waals surface area contributed by atoms with Crippen molar-refractivity contribution < 1.29 is 15.3 Å². The molecule has 4 heteroatoms. The van der Waals surface area contributed by atoms with E-state index in [9.17, 15) is 5.11 Å². The molecule has 4 N–H and O–H groups in total. The van der Waals surface area contributed by atoms with Crippen molar-refractivity contribution in [3.05, 3.63) is 23.8 Å². The maximum Gasteiger partial charge on any atom is 0.122 e. The summed E-state index contributed by atoms with van der Waals surface area (Å²) < 4.78 is 0. The Balaban J connectivity index is 2.42. The van der Waals surface area contributed by atoms with Crippen molar-refractivity contribution in [1.29, 1.82) is 0 Å². The molecule has 0 unspecified atom stereocenters. The normalized spacial score (nSPS) is 10.4. The van der Waals surface area contributed by atoms with Crippen LogP contribution in [0.3, 0.4) is 0 Å².